The summed E-state index contributed by atoms with van der Waals surface area (Å²) in [6.07, 6.45) is 1.70. The van der Waals surface area contributed by atoms with Gasteiger partial charge in [0, 0.05) is 24.9 Å². The highest BCUT2D eigenvalue weighted by Gasteiger charge is 2.10. The Morgan fingerprint density at radius 1 is 1.29 bits per heavy atom. The van der Waals surface area contributed by atoms with Crippen LogP contribution in [-0.4, -0.2) is 55.2 Å². The number of carbonyl (C=O) groups excluding carboxylic acids is 1. The summed E-state index contributed by atoms with van der Waals surface area (Å²) in [6, 6.07) is 7.41. The molecule has 0 atom stereocenters. The van der Waals surface area contributed by atoms with Crippen LogP contribution in [0.3, 0.4) is 0 Å². The van der Waals surface area contributed by atoms with Crippen LogP contribution in [0.25, 0.3) is 11.4 Å². The molecule has 0 unspecified atom stereocenters. The Morgan fingerprint density at radius 2 is 2.04 bits per heavy atom. The number of rotatable bonds is 9. The van der Waals surface area contributed by atoms with E-state index < -0.39 is 0 Å². The van der Waals surface area contributed by atoms with E-state index in [9.17, 15) is 4.79 Å². The molecule has 2 rings (SSSR count). The van der Waals surface area contributed by atoms with Crippen LogP contribution in [0.15, 0.2) is 28.8 Å². The van der Waals surface area contributed by atoms with Crippen molar-refractivity contribution in [1.82, 2.24) is 20.4 Å². The van der Waals surface area contributed by atoms with E-state index in [1.807, 2.05) is 38.4 Å². The van der Waals surface area contributed by atoms with E-state index in [0.29, 0.717) is 31.1 Å². The van der Waals surface area contributed by atoms with Gasteiger partial charge in [-0.2, -0.15) is 4.98 Å². The van der Waals surface area contributed by atoms with Gasteiger partial charge in [0.25, 0.3) is 0 Å². The van der Waals surface area contributed by atoms with E-state index >= 15 is 0 Å². The first kappa shape index (κ1) is 17.9. The molecule has 0 radical (unpaired) electrons. The number of nitrogens with zero attached hydrogens (tertiary/aromatic N) is 3. The normalized spacial score (nSPS) is 10.8. The molecule has 7 nitrogen and oxygen atoms in total. The predicted octanol–water partition coefficient (Wildman–Crippen LogP) is 1.75. The molecule has 0 bridgehead atoms. The Labute approximate surface area is 142 Å². The van der Waals surface area contributed by atoms with Crippen LogP contribution in [0, 0.1) is 0 Å². The van der Waals surface area contributed by atoms with Gasteiger partial charge in [-0.05, 0) is 51.3 Å². The summed E-state index contributed by atoms with van der Waals surface area (Å²) in [4.78, 5) is 18.2. The minimum Gasteiger partial charge on any atom is -0.497 e. The van der Waals surface area contributed by atoms with Crippen molar-refractivity contribution in [3.05, 3.63) is 30.2 Å². The average Bonchev–Trinajstić information content (AvgIpc) is 3.06. The van der Waals surface area contributed by atoms with Crippen molar-refractivity contribution in [2.24, 2.45) is 0 Å². The fourth-order valence-electron chi connectivity index (χ4n) is 2.15. The zero-order valence-electron chi connectivity index (χ0n) is 14.4. The van der Waals surface area contributed by atoms with Gasteiger partial charge in [0.15, 0.2) is 0 Å². The van der Waals surface area contributed by atoms with Gasteiger partial charge >= 0.3 is 0 Å². The monoisotopic (exact) mass is 332 g/mol. The highest BCUT2D eigenvalue weighted by molar-refractivity contribution is 5.75. The van der Waals surface area contributed by atoms with Crippen molar-refractivity contribution in [3.8, 4) is 17.1 Å². The van der Waals surface area contributed by atoms with Gasteiger partial charge < -0.3 is 19.5 Å². The van der Waals surface area contributed by atoms with E-state index in [1.54, 1.807) is 7.11 Å². The Kier molecular flexibility index (Phi) is 6.74. The molecule has 7 heteroatoms. The Morgan fingerprint density at radius 3 is 2.71 bits per heavy atom. The average molecular weight is 332 g/mol. The van der Waals surface area contributed by atoms with Crippen LogP contribution in [-0.2, 0) is 11.2 Å². The topological polar surface area (TPSA) is 80.5 Å². The van der Waals surface area contributed by atoms with Crippen molar-refractivity contribution in [1.29, 1.82) is 0 Å². The maximum atomic E-state index is 11.8. The summed E-state index contributed by atoms with van der Waals surface area (Å²) in [5.41, 5.74) is 0.846. The molecule has 1 aromatic heterocycles. The maximum absolute atomic E-state index is 11.8. The number of methoxy groups -OCH3 is 1. The fourth-order valence-corrected chi connectivity index (χ4v) is 2.15. The quantitative estimate of drug-likeness (QED) is 0.705. The smallest absolute Gasteiger partial charge is 0.227 e. The molecule has 1 heterocycles. The standard InChI is InChI=1S/C17H24N4O3/c1-21(2)12-4-11-18-15(22)9-10-16-19-17(20-24-16)13-5-7-14(23-3)8-6-13/h5-8H,4,9-12H2,1-3H3,(H,18,22). The van der Waals surface area contributed by atoms with Crippen molar-refractivity contribution >= 4 is 5.91 Å². The van der Waals surface area contributed by atoms with E-state index in [2.05, 4.69) is 20.4 Å². The zero-order chi connectivity index (χ0) is 17.4. The largest absolute Gasteiger partial charge is 0.497 e. The van der Waals surface area contributed by atoms with Crippen molar-refractivity contribution in [2.75, 3.05) is 34.3 Å². The Bertz CT molecular complexity index is 638. The molecule has 24 heavy (non-hydrogen) atoms. The number of aromatic nitrogens is 2. The first-order valence-electron chi connectivity index (χ1n) is 7.97. The second-order valence-electron chi connectivity index (χ2n) is 5.75. The lowest BCUT2D eigenvalue weighted by atomic mass is 10.2. The third-order valence-electron chi connectivity index (χ3n) is 3.49. The van der Waals surface area contributed by atoms with E-state index in [-0.39, 0.29) is 5.91 Å². The van der Waals surface area contributed by atoms with Crippen LogP contribution < -0.4 is 10.1 Å². The Balaban J connectivity index is 1.77. The molecule has 1 aromatic carbocycles. The number of nitrogens with one attached hydrogen (secondary N) is 1. The van der Waals surface area contributed by atoms with Crippen LogP contribution >= 0.6 is 0 Å². The van der Waals surface area contributed by atoms with Gasteiger partial charge in [-0.25, -0.2) is 0 Å². The van der Waals surface area contributed by atoms with Crippen LogP contribution in [0.2, 0.25) is 0 Å². The van der Waals surface area contributed by atoms with Crippen molar-refractivity contribution < 1.29 is 14.1 Å². The molecule has 130 valence electrons. The molecule has 2 aromatic rings. The lowest BCUT2D eigenvalue weighted by Gasteiger charge is -2.09. The van der Waals surface area contributed by atoms with Gasteiger partial charge in [-0.1, -0.05) is 5.16 Å². The summed E-state index contributed by atoms with van der Waals surface area (Å²) in [7, 11) is 5.64. The minimum absolute atomic E-state index is 0.00189. The molecule has 0 saturated heterocycles. The molecular formula is C17H24N4O3. The van der Waals surface area contributed by atoms with E-state index in [0.717, 1.165) is 24.3 Å². The molecule has 1 N–H and O–H groups in total. The summed E-state index contributed by atoms with van der Waals surface area (Å²) in [5.74, 6) is 1.75. The number of benzene rings is 1. The van der Waals surface area contributed by atoms with Gasteiger partial charge in [0.1, 0.15) is 5.75 Å². The number of amides is 1. The lowest BCUT2D eigenvalue weighted by Crippen LogP contribution is -2.27. The van der Waals surface area contributed by atoms with Gasteiger partial charge in [-0.3, -0.25) is 4.79 Å². The number of ether oxygens (including phenoxy) is 1. The third kappa shape index (κ3) is 5.66. The van der Waals surface area contributed by atoms with Crippen LogP contribution in [0.4, 0.5) is 0 Å². The number of aryl methyl sites for hydroxylation is 1. The van der Waals surface area contributed by atoms with Crippen LogP contribution in [0.5, 0.6) is 5.75 Å². The molecule has 0 aliphatic carbocycles. The van der Waals surface area contributed by atoms with Gasteiger partial charge in [-0.15, -0.1) is 0 Å². The molecule has 0 aliphatic rings. The molecule has 1 amide bonds. The van der Waals surface area contributed by atoms with E-state index in [4.69, 9.17) is 9.26 Å². The molecule has 0 saturated carbocycles. The third-order valence-corrected chi connectivity index (χ3v) is 3.49. The van der Waals surface area contributed by atoms with Gasteiger partial charge in [0.05, 0.1) is 7.11 Å². The second-order valence-corrected chi connectivity index (χ2v) is 5.75. The zero-order valence-corrected chi connectivity index (χ0v) is 14.4. The molecule has 0 aliphatic heterocycles. The second kappa shape index (κ2) is 9.02. The van der Waals surface area contributed by atoms with Crippen molar-refractivity contribution in [3.63, 3.8) is 0 Å². The highest BCUT2D eigenvalue weighted by Crippen LogP contribution is 2.19. The number of carbonyl (C=O) groups is 1. The highest BCUT2D eigenvalue weighted by atomic mass is 16.5. The number of hydrogen-bond donors (Lipinski definition) is 1. The molecule has 0 spiro atoms. The Hall–Kier alpha value is -2.41. The number of hydrogen-bond acceptors (Lipinski definition) is 6. The van der Waals surface area contributed by atoms with E-state index in [1.165, 1.54) is 0 Å². The summed E-state index contributed by atoms with van der Waals surface area (Å²) < 4.78 is 10.3. The SMILES string of the molecule is COc1ccc(-c2noc(CCC(=O)NCCCN(C)C)n2)cc1. The molecular weight excluding hydrogens is 308 g/mol. The summed E-state index contributed by atoms with van der Waals surface area (Å²) in [5, 5.41) is 6.84. The predicted molar refractivity (Wildman–Crippen MR) is 90.8 cm³/mol. The first-order valence-corrected chi connectivity index (χ1v) is 7.97. The van der Waals surface area contributed by atoms with Crippen molar-refractivity contribution in [2.45, 2.75) is 19.3 Å². The molecule has 0 fully saturated rings. The minimum atomic E-state index is -0.00189. The lowest BCUT2D eigenvalue weighted by molar-refractivity contribution is -0.121. The van der Waals surface area contributed by atoms with Crippen LogP contribution in [0.1, 0.15) is 18.7 Å². The summed E-state index contributed by atoms with van der Waals surface area (Å²) in [6.45, 7) is 1.63. The maximum Gasteiger partial charge on any atom is 0.227 e. The fraction of sp³-hybridized carbons (Fsp3) is 0.471. The first-order chi connectivity index (χ1) is 11.6. The summed E-state index contributed by atoms with van der Waals surface area (Å²) >= 11 is 0. The van der Waals surface area contributed by atoms with Gasteiger partial charge in [0.2, 0.25) is 17.6 Å².